The van der Waals surface area contributed by atoms with Crippen molar-refractivity contribution in [3.05, 3.63) is 53.1 Å². The third-order valence-electron chi connectivity index (χ3n) is 4.16. The van der Waals surface area contributed by atoms with Crippen molar-refractivity contribution >= 4 is 5.91 Å². The van der Waals surface area contributed by atoms with Crippen LogP contribution in [0.4, 0.5) is 0 Å². The summed E-state index contributed by atoms with van der Waals surface area (Å²) in [6, 6.07) is 11.6. The van der Waals surface area contributed by atoms with Gasteiger partial charge in [0.2, 0.25) is 0 Å². The molecule has 2 rings (SSSR count). The van der Waals surface area contributed by atoms with Crippen molar-refractivity contribution in [3.8, 4) is 17.2 Å². The average molecular weight is 371 g/mol. The zero-order valence-corrected chi connectivity index (χ0v) is 16.6. The van der Waals surface area contributed by atoms with Crippen LogP contribution in [0.15, 0.2) is 36.4 Å². The van der Waals surface area contributed by atoms with Gasteiger partial charge in [0.05, 0.1) is 13.7 Å². The molecule has 0 atom stereocenters. The maximum Gasteiger partial charge on any atom is 0.258 e. The summed E-state index contributed by atoms with van der Waals surface area (Å²) < 4.78 is 16.7. The minimum Gasteiger partial charge on any atom is -0.493 e. The predicted molar refractivity (Wildman–Crippen MR) is 107 cm³/mol. The molecule has 0 aliphatic heterocycles. The fourth-order valence-corrected chi connectivity index (χ4v) is 2.62. The molecule has 0 unspecified atom stereocenters. The van der Waals surface area contributed by atoms with E-state index in [1.165, 1.54) is 5.56 Å². The second-order valence-corrected chi connectivity index (χ2v) is 6.52. The SMILES string of the molecule is CCCCOc1ccc(CNC(=O)COc2ccc(C)cc2C)cc1OC. The molecule has 0 aliphatic rings. The lowest BCUT2D eigenvalue weighted by Gasteiger charge is -2.13. The van der Waals surface area contributed by atoms with Crippen molar-refractivity contribution in [1.82, 2.24) is 5.32 Å². The monoisotopic (exact) mass is 371 g/mol. The summed E-state index contributed by atoms with van der Waals surface area (Å²) in [4.78, 5) is 12.1. The van der Waals surface area contributed by atoms with E-state index in [0.29, 0.717) is 18.9 Å². The Morgan fingerprint density at radius 2 is 1.78 bits per heavy atom. The maximum absolute atomic E-state index is 12.1. The summed E-state index contributed by atoms with van der Waals surface area (Å²) in [5.74, 6) is 1.95. The lowest BCUT2D eigenvalue weighted by atomic mass is 10.1. The molecular formula is C22H29NO4. The number of amides is 1. The molecule has 0 bridgehead atoms. The van der Waals surface area contributed by atoms with E-state index in [-0.39, 0.29) is 12.5 Å². The molecule has 1 amide bonds. The molecule has 1 N–H and O–H groups in total. The normalized spacial score (nSPS) is 10.4. The van der Waals surface area contributed by atoms with Crippen molar-refractivity contribution in [2.24, 2.45) is 0 Å². The summed E-state index contributed by atoms with van der Waals surface area (Å²) in [5, 5.41) is 2.86. The molecule has 27 heavy (non-hydrogen) atoms. The highest BCUT2D eigenvalue weighted by molar-refractivity contribution is 5.77. The van der Waals surface area contributed by atoms with Crippen LogP contribution >= 0.6 is 0 Å². The minimum absolute atomic E-state index is 0.0146. The van der Waals surface area contributed by atoms with Crippen LogP contribution in [-0.4, -0.2) is 26.2 Å². The Kier molecular flexibility index (Phi) is 7.99. The maximum atomic E-state index is 12.1. The summed E-state index contributed by atoms with van der Waals surface area (Å²) >= 11 is 0. The highest BCUT2D eigenvalue weighted by Gasteiger charge is 2.08. The fourth-order valence-electron chi connectivity index (χ4n) is 2.62. The molecule has 146 valence electrons. The summed E-state index contributed by atoms with van der Waals surface area (Å²) in [5.41, 5.74) is 3.13. The number of methoxy groups -OCH3 is 1. The molecule has 0 aromatic heterocycles. The van der Waals surface area contributed by atoms with Crippen LogP contribution in [0, 0.1) is 13.8 Å². The number of rotatable bonds is 10. The van der Waals surface area contributed by atoms with Crippen LogP contribution in [0.25, 0.3) is 0 Å². The van der Waals surface area contributed by atoms with Gasteiger partial charge in [0.1, 0.15) is 5.75 Å². The Balaban J connectivity index is 1.85. The Hall–Kier alpha value is -2.69. The first kappa shape index (κ1) is 20.6. The quantitative estimate of drug-likeness (QED) is 0.637. The van der Waals surface area contributed by atoms with Crippen LogP contribution in [0.3, 0.4) is 0 Å². The summed E-state index contributed by atoms with van der Waals surface area (Å²) in [6.07, 6.45) is 2.08. The number of unbranched alkanes of at least 4 members (excludes halogenated alkanes) is 1. The van der Waals surface area contributed by atoms with E-state index in [9.17, 15) is 4.79 Å². The van der Waals surface area contributed by atoms with Gasteiger partial charge in [0, 0.05) is 6.54 Å². The average Bonchev–Trinajstić information content (AvgIpc) is 2.66. The molecule has 5 nitrogen and oxygen atoms in total. The number of carbonyl (C=O) groups is 1. The molecule has 0 saturated carbocycles. The second kappa shape index (κ2) is 10.5. The van der Waals surface area contributed by atoms with Crippen molar-refractivity contribution in [3.63, 3.8) is 0 Å². The van der Waals surface area contributed by atoms with E-state index >= 15 is 0 Å². The largest absolute Gasteiger partial charge is 0.493 e. The van der Waals surface area contributed by atoms with Crippen molar-refractivity contribution in [1.29, 1.82) is 0 Å². The first-order valence-corrected chi connectivity index (χ1v) is 9.30. The van der Waals surface area contributed by atoms with Gasteiger partial charge in [-0.25, -0.2) is 0 Å². The standard InChI is InChI=1S/C22H29NO4/c1-5-6-11-26-20-10-8-18(13-21(20)25-4)14-23-22(24)15-27-19-9-7-16(2)12-17(19)3/h7-10,12-13H,5-6,11,14-15H2,1-4H3,(H,23,24). The summed E-state index contributed by atoms with van der Waals surface area (Å²) in [6.45, 7) is 7.17. The van der Waals surface area contributed by atoms with Crippen molar-refractivity contribution in [2.45, 2.75) is 40.2 Å². The zero-order valence-electron chi connectivity index (χ0n) is 16.6. The first-order chi connectivity index (χ1) is 13.0. The molecule has 0 aliphatic carbocycles. The Morgan fingerprint density at radius 3 is 2.48 bits per heavy atom. The zero-order chi connectivity index (χ0) is 19.6. The molecule has 0 radical (unpaired) electrons. The van der Waals surface area contributed by atoms with E-state index in [2.05, 4.69) is 12.2 Å². The predicted octanol–water partition coefficient (Wildman–Crippen LogP) is 4.19. The molecule has 0 spiro atoms. The number of carbonyl (C=O) groups excluding carboxylic acids is 1. The molecule has 0 heterocycles. The first-order valence-electron chi connectivity index (χ1n) is 9.30. The van der Waals surface area contributed by atoms with Crippen LogP contribution < -0.4 is 19.5 Å². The lowest BCUT2D eigenvalue weighted by molar-refractivity contribution is -0.123. The van der Waals surface area contributed by atoms with Gasteiger partial charge < -0.3 is 19.5 Å². The Bertz CT molecular complexity index is 758. The van der Waals surface area contributed by atoms with Gasteiger partial charge in [-0.05, 0) is 49.6 Å². The van der Waals surface area contributed by atoms with E-state index < -0.39 is 0 Å². The van der Waals surface area contributed by atoms with Gasteiger partial charge in [0.15, 0.2) is 18.1 Å². The number of hydrogen-bond acceptors (Lipinski definition) is 4. The third-order valence-corrected chi connectivity index (χ3v) is 4.16. The van der Waals surface area contributed by atoms with Crippen LogP contribution in [0.5, 0.6) is 17.2 Å². The molecular weight excluding hydrogens is 342 g/mol. The molecule has 5 heteroatoms. The molecule has 0 saturated heterocycles. The number of nitrogens with one attached hydrogen (secondary N) is 1. The smallest absolute Gasteiger partial charge is 0.258 e. The molecule has 2 aromatic rings. The van der Waals surface area contributed by atoms with E-state index in [1.54, 1.807) is 7.11 Å². The second-order valence-electron chi connectivity index (χ2n) is 6.52. The van der Waals surface area contributed by atoms with Crippen molar-refractivity contribution in [2.75, 3.05) is 20.3 Å². The van der Waals surface area contributed by atoms with Gasteiger partial charge in [-0.2, -0.15) is 0 Å². The van der Waals surface area contributed by atoms with Gasteiger partial charge in [-0.1, -0.05) is 37.1 Å². The lowest BCUT2D eigenvalue weighted by Crippen LogP contribution is -2.28. The highest BCUT2D eigenvalue weighted by Crippen LogP contribution is 2.28. The fraction of sp³-hybridized carbons (Fsp3) is 0.409. The Morgan fingerprint density at radius 1 is 1.00 bits per heavy atom. The number of ether oxygens (including phenoxy) is 3. The topological polar surface area (TPSA) is 56.8 Å². The minimum atomic E-state index is -0.169. The van der Waals surface area contributed by atoms with Gasteiger partial charge in [0.25, 0.3) is 5.91 Å². The van der Waals surface area contributed by atoms with E-state index in [4.69, 9.17) is 14.2 Å². The van der Waals surface area contributed by atoms with Crippen LogP contribution in [0.1, 0.15) is 36.5 Å². The van der Waals surface area contributed by atoms with Gasteiger partial charge in [-0.15, -0.1) is 0 Å². The van der Waals surface area contributed by atoms with Gasteiger partial charge >= 0.3 is 0 Å². The van der Waals surface area contributed by atoms with E-state index in [1.807, 2.05) is 50.2 Å². The molecule has 2 aromatic carbocycles. The van der Waals surface area contributed by atoms with E-state index in [0.717, 1.165) is 35.5 Å². The Labute approximate surface area is 161 Å². The number of hydrogen-bond donors (Lipinski definition) is 1. The van der Waals surface area contributed by atoms with Gasteiger partial charge in [-0.3, -0.25) is 4.79 Å². The highest BCUT2D eigenvalue weighted by atomic mass is 16.5. The summed E-state index contributed by atoms with van der Waals surface area (Å²) in [7, 11) is 1.61. The number of benzene rings is 2. The number of aryl methyl sites for hydroxylation is 2. The van der Waals surface area contributed by atoms with Crippen LogP contribution in [0.2, 0.25) is 0 Å². The third kappa shape index (κ3) is 6.51. The molecule has 0 fully saturated rings. The van der Waals surface area contributed by atoms with Crippen molar-refractivity contribution < 1.29 is 19.0 Å². The van der Waals surface area contributed by atoms with Crippen LogP contribution in [-0.2, 0) is 11.3 Å².